The van der Waals surface area contributed by atoms with Crippen molar-refractivity contribution in [2.24, 2.45) is 0 Å². The normalized spacial score (nSPS) is 11.1. The van der Waals surface area contributed by atoms with E-state index in [1.165, 1.54) is 12.3 Å². The number of rotatable bonds is 3. The van der Waals surface area contributed by atoms with Crippen LogP contribution in [0.4, 0.5) is 13.6 Å². The molecule has 0 aliphatic carbocycles. The quantitative estimate of drug-likeness (QED) is 0.784. The lowest BCUT2D eigenvalue weighted by Gasteiger charge is -2.07. The molecule has 130 valence electrons. The van der Waals surface area contributed by atoms with Crippen LogP contribution >= 0.6 is 0 Å². The van der Waals surface area contributed by atoms with Crippen molar-refractivity contribution in [2.75, 3.05) is 0 Å². The first-order valence-electron chi connectivity index (χ1n) is 7.65. The van der Waals surface area contributed by atoms with Crippen LogP contribution in [0.5, 0.6) is 0 Å². The lowest BCUT2D eigenvalue weighted by molar-refractivity contribution is 0.237. The van der Waals surface area contributed by atoms with E-state index >= 15 is 0 Å². The highest BCUT2D eigenvalue weighted by Crippen LogP contribution is 2.34. The second-order valence-electron chi connectivity index (χ2n) is 5.84. The van der Waals surface area contributed by atoms with Crippen LogP contribution in [-0.2, 0) is 0 Å². The number of nitrogens with one attached hydrogen (secondary N) is 1. The maximum absolute atomic E-state index is 14.1. The van der Waals surface area contributed by atoms with Gasteiger partial charge in [0, 0.05) is 23.9 Å². The first-order chi connectivity index (χ1) is 11.9. The maximum Gasteiger partial charge on any atom is 0.342 e. The molecule has 2 aromatic heterocycles. The summed E-state index contributed by atoms with van der Waals surface area (Å²) >= 11 is 0. The predicted molar refractivity (Wildman–Crippen MR) is 86.9 cm³/mol. The standard InChI is InChI=1S/C17H16F2N4O2/c1-9(2)20-17(24)23-7-6-14(21-23)15-10(3)25-22-16(15)12-5-4-11(18)8-13(12)19/h4-9H,1-3H3,(H,20,24). The lowest BCUT2D eigenvalue weighted by Crippen LogP contribution is -2.34. The molecular formula is C17H16F2N4O2. The second kappa shape index (κ2) is 6.46. The molecule has 0 aliphatic rings. The molecule has 0 spiro atoms. The third-order valence-electron chi connectivity index (χ3n) is 3.51. The summed E-state index contributed by atoms with van der Waals surface area (Å²) in [5.74, 6) is -1.03. The van der Waals surface area contributed by atoms with Gasteiger partial charge in [0.05, 0.1) is 11.3 Å². The third kappa shape index (κ3) is 3.28. The number of carbonyl (C=O) groups excluding carboxylic acids is 1. The Bertz CT molecular complexity index is 931. The smallest absolute Gasteiger partial charge is 0.342 e. The molecule has 6 nitrogen and oxygen atoms in total. The lowest BCUT2D eigenvalue weighted by atomic mass is 10.0. The van der Waals surface area contributed by atoms with Crippen molar-refractivity contribution in [2.45, 2.75) is 26.8 Å². The molecule has 0 aliphatic heterocycles. The van der Waals surface area contributed by atoms with Crippen LogP contribution < -0.4 is 5.32 Å². The van der Waals surface area contributed by atoms with Crippen molar-refractivity contribution in [1.29, 1.82) is 0 Å². The molecule has 25 heavy (non-hydrogen) atoms. The summed E-state index contributed by atoms with van der Waals surface area (Å²) in [4.78, 5) is 12.0. The molecule has 1 N–H and O–H groups in total. The van der Waals surface area contributed by atoms with Crippen molar-refractivity contribution in [3.05, 3.63) is 47.9 Å². The average Bonchev–Trinajstić information content (AvgIpc) is 3.13. The Morgan fingerprint density at radius 2 is 2.04 bits per heavy atom. The minimum absolute atomic E-state index is 0.0404. The highest BCUT2D eigenvalue weighted by Gasteiger charge is 2.22. The second-order valence-corrected chi connectivity index (χ2v) is 5.84. The molecule has 0 atom stereocenters. The van der Waals surface area contributed by atoms with Crippen LogP contribution in [0, 0.1) is 18.6 Å². The minimum Gasteiger partial charge on any atom is -0.360 e. The van der Waals surface area contributed by atoms with Gasteiger partial charge in [-0.2, -0.15) is 9.78 Å². The third-order valence-corrected chi connectivity index (χ3v) is 3.51. The van der Waals surface area contributed by atoms with Gasteiger partial charge in [-0.1, -0.05) is 5.16 Å². The van der Waals surface area contributed by atoms with Crippen LogP contribution in [0.3, 0.4) is 0 Å². The Hall–Kier alpha value is -3.03. The van der Waals surface area contributed by atoms with Crippen molar-refractivity contribution < 1.29 is 18.1 Å². The minimum atomic E-state index is -0.758. The molecule has 0 radical (unpaired) electrons. The maximum atomic E-state index is 14.1. The van der Waals surface area contributed by atoms with Gasteiger partial charge >= 0.3 is 6.03 Å². The van der Waals surface area contributed by atoms with Gasteiger partial charge in [0.1, 0.15) is 23.1 Å². The number of hydrogen-bond donors (Lipinski definition) is 1. The highest BCUT2D eigenvalue weighted by atomic mass is 19.1. The van der Waals surface area contributed by atoms with Crippen molar-refractivity contribution >= 4 is 6.03 Å². The molecular weight excluding hydrogens is 330 g/mol. The SMILES string of the molecule is Cc1onc(-c2ccc(F)cc2F)c1-c1ccn(C(=O)NC(C)C)n1. The fourth-order valence-corrected chi connectivity index (χ4v) is 2.42. The topological polar surface area (TPSA) is 73.0 Å². The Morgan fingerprint density at radius 3 is 2.72 bits per heavy atom. The molecule has 0 saturated carbocycles. The van der Waals surface area contributed by atoms with Crippen LogP contribution in [0.1, 0.15) is 19.6 Å². The monoisotopic (exact) mass is 346 g/mol. The van der Waals surface area contributed by atoms with Crippen molar-refractivity contribution in [3.63, 3.8) is 0 Å². The fraction of sp³-hybridized carbons (Fsp3) is 0.235. The summed E-state index contributed by atoms with van der Waals surface area (Å²) in [6, 6.07) is 4.38. The van der Waals surface area contributed by atoms with Crippen LogP contribution in [0.25, 0.3) is 22.5 Å². The Morgan fingerprint density at radius 1 is 1.28 bits per heavy atom. The number of amides is 1. The van der Waals surface area contributed by atoms with Crippen LogP contribution in [0.2, 0.25) is 0 Å². The van der Waals surface area contributed by atoms with Gasteiger partial charge in [-0.05, 0) is 39.0 Å². The summed E-state index contributed by atoms with van der Waals surface area (Å²) in [5.41, 5.74) is 1.14. The Kier molecular flexibility index (Phi) is 4.35. The van der Waals surface area contributed by atoms with E-state index in [2.05, 4.69) is 15.6 Å². The molecule has 1 aromatic carbocycles. The van der Waals surface area contributed by atoms with E-state index in [9.17, 15) is 13.6 Å². The first kappa shape index (κ1) is 16.8. The molecule has 0 fully saturated rings. The number of nitrogens with zero attached hydrogens (tertiary/aromatic N) is 3. The van der Waals surface area contributed by atoms with Gasteiger partial charge in [-0.3, -0.25) is 0 Å². The first-order valence-corrected chi connectivity index (χ1v) is 7.65. The van der Waals surface area contributed by atoms with E-state index < -0.39 is 11.6 Å². The number of halogens is 2. The predicted octanol–water partition coefficient (Wildman–Crippen LogP) is 3.76. The van der Waals surface area contributed by atoms with Gasteiger partial charge in [0.25, 0.3) is 0 Å². The van der Waals surface area contributed by atoms with Crippen LogP contribution in [0.15, 0.2) is 35.0 Å². The highest BCUT2D eigenvalue weighted by molar-refractivity contribution is 5.82. The molecule has 1 amide bonds. The number of benzene rings is 1. The summed E-state index contributed by atoms with van der Waals surface area (Å²) in [6.45, 7) is 5.32. The number of carbonyl (C=O) groups is 1. The van der Waals surface area contributed by atoms with E-state index in [1.807, 2.05) is 13.8 Å². The van der Waals surface area contributed by atoms with Gasteiger partial charge in [0.15, 0.2) is 0 Å². The van der Waals surface area contributed by atoms with Gasteiger partial charge in [0.2, 0.25) is 0 Å². The largest absolute Gasteiger partial charge is 0.360 e. The van der Waals surface area contributed by atoms with Crippen LogP contribution in [-0.4, -0.2) is 27.0 Å². The molecule has 3 rings (SSSR count). The average molecular weight is 346 g/mol. The van der Waals surface area contributed by atoms with E-state index in [4.69, 9.17) is 4.52 Å². The van der Waals surface area contributed by atoms with E-state index in [1.54, 1.807) is 13.0 Å². The Labute approximate surface area is 142 Å². The summed E-state index contributed by atoms with van der Waals surface area (Å²) in [7, 11) is 0. The summed E-state index contributed by atoms with van der Waals surface area (Å²) < 4.78 is 33.6. The fourth-order valence-electron chi connectivity index (χ4n) is 2.42. The van der Waals surface area contributed by atoms with Gasteiger partial charge in [-0.25, -0.2) is 13.6 Å². The number of aromatic nitrogens is 3. The van der Waals surface area contributed by atoms with Crippen molar-refractivity contribution in [1.82, 2.24) is 20.3 Å². The summed E-state index contributed by atoms with van der Waals surface area (Å²) in [5, 5.41) is 10.8. The van der Waals surface area contributed by atoms with Gasteiger partial charge in [-0.15, -0.1) is 0 Å². The number of hydrogen-bond acceptors (Lipinski definition) is 4. The Balaban J connectivity index is 2.03. The molecule has 0 saturated heterocycles. The van der Waals surface area contributed by atoms with Gasteiger partial charge < -0.3 is 9.84 Å². The molecule has 8 heteroatoms. The van der Waals surface area contributed by atoms with E-state index in [0.717, 1.165) is 16.8 Å². The van der Waals surface area contributed by atoms with E-state index in [0.29, 0.717) is 17.0 Å². The molecule has 3 aromatic rings. The summed E-state index contributed by atoms with van der Waals surface area (Å²) in [6.07, 6.45) is 1.49. The molecule has 0 bridgehead atoms. The van der Waals surface area contributed by atoms with E-state index in [-0.39, 0.29) is 23.3 Å². The molecule has 0 unspecified atom stereocenters. The zero-order valence-electron chi connectivity index (χ0n) is 13.9. The molecule has 2 heterocycles. The zero-order chi connectivity index (χ0) is 18.1. The zero-order valence-corrected chi connectivity index (χ0v) is 13.9. The number of aryl methyl sites for hydroxylation is 1. The van der Waals surface area contributed by atoms with Crippen molar-refractivity contribution in [3.8, 4) is 22.5 Å².